The molecular weight excluding hydrogens is 572 g/mol. The first-order valence-corrected chi connectivity index (χ1v) is 18.7. The number of esters is 1. The van der Waals surface area contributed by atoms with Gasteiger partial charge in [0.2, 0.25) is 0 Å². The van der Waals surface area contributed by atoms with Crippen LogP contribution in [0.5, 0.6) is 0 Å². The van der Waals surface area contributed by atoms with Crippen LogP contribution in [0, 0.1) is 0 Å². The number of aliphatic hydroxyl groups excluding tert-OH is 4. The van der Waals surface area contributed by atoms with E-state index in [1.54, 1.807) is 6.08 Å². The summed E-state index contributed by atoms with van der Waals surface area (Å²) in [5, 5.41) is 42.0. The van der Waals surface area contributed by atoms with Gasteiger partial charge in [0.25, 0.3) is 0 Å². The summed E-state index contributed by atoms with van der Waals surface area (Å²) < 4.78 is 17.6. The van der Waals surface area contributed by atoms with Gasteiger partial charge < -0.3 is 34.6 Å². The van der Waals surface area contributed by atoms with E-state index in [1.165, 1.54) is 44.9 Å². The quantitative estimate of drug-likeness (QED) is 0.0634. The minimum atomic E-state index is -0.828. The van der Waals surface area contributed by atoms with E-state index in [2.05, 4.69) is 6.92 Å². The molecule has 3 rings (SSSR count). The molecule has 0 aromatic rings. The van der Waals surface area contributed by atoms with Crippen LogP contribution in [0.15, 0.2) is 11.6 Å². The molecule has 8 heteroatoms. The first-order chi connectivity index (χ1) is 21.8. The molecule has 9 atom stereocenters. The molecule has 2 fully saturated rings. The standard InChI is InChI=1S/C37H66O8/c1-3-4-5-6-7-8-12-15-18-31(40)33-22-24-35(44-33)36-25-23-34(45-36)32(41)19-16-13-10-9-11-14-17-29(38)30(39)21-20-28-26-27(2)43-37(28)42/h26-27,29-36,38-41H,3-25H2,1-2H3/t27?,29?,30?,31-,32-,33-,34-,35+,36+/m0/s1. The highest BCUT2D eigenvalue weighted by Crippen LogP contribution is 2.34. The molecule has 45 heavy (non-hydrogen) atoms. The Morgan fingerprint density at radius 3 is 1.56 bits per heavy atom. The van der Waals surface area contributed by atoms with E-state index in [9.17, 15) is 25.2 Å². The average Bonchev–Trinajstić information content (AvgIpc) is 3.78. The fourth-order valence-electron chi connectivity index (χ4n) is 7.27. The van der Waals surface area contributed by atoms with Crippen molar-refractivity contribution in [2.24, 2.45) is 0 Å². The zero-order valence-electron chi connectivity index (χ0n) is 28.5. The van der Waals surface area contributed by atoms with Crippen LogP contribution >= 0.6 is 0 Å². The van der Waals surface area contributed by atoms with Crippen molar-refractivity contribution in [3.63, 3.8) is 0 Å². The van der Waals surface area contributed by atoms with Crippen LogP contribution in [0.1, 0.15) is 162 Å². The summed E-state index contributed by atoms with van der Waals surface area (Å²) in [6, 6.07) is 0. The normalized spacial score (nSPS) is 27.8. The van der Waals surface area contributed by atoms with Gasteiger partial charge in [0.15, 0.2) is 0 Å². The van der Waals surface area contributed by atoms with Crippen molar-refractivity contribution >= 4 is 5.97 Å². The highest BCUT2D eigenvalue weighted by atomic mass is 16.6. The van der Waals surface area contributed by atoms with Crippen LogP contribution in [0.25, 0.3) is 0 Å². The van der Waals surface area contributed by atoms with E-state index in [0.717, 1.165) is 83.5 Å². The van der Waals surface area contributed by atoms with Gasteiger partial charge in [0.1, 0.15) is 6.10 Å². The Morgan fingerprint density at radius 2 is 1.09 bits per heavy atom. The van der Waals surface area contributed by atoms with Crippen molar-refractivity contribution in [2.45, 2.75) is 216 Å². The maximum atomic E-state index is 11.7. The zero-order valence-corrected chi connectivity index (χ0v) is 28.5. The van der Waals surface area contributed by atoms with Gasteiger partial charge in [-0.3, -0.25) is 0 Å². The van der Waals surface area contributed by atoms with Crippen LogP contribution in [-0.4, -0.2) is 81.3 Å². The monoisotopic (exact) mass is 638 g/mol. The number of unbranched alkanes of at least 4 members (excludes halogenated alkanes) is 12. The Balaban J connectivity index is 1.15. The van der Waals surface area contributed by atoms with Gasteiger partial charge in [-0.1, -0.05) is 96.8 Å². The van der Waals surface area contributed by atoms with Crippen LogP contribution in [0.2, 0.25) is 0 Å². The zero-order chi connectivity index (χ0) is 32.4. The molecule has 0 aromatic carbocycles. The number of carbonyl (C=O) groups is 1. The summed E-state index contributed by atoms with van der Waals surface area (Å²) in [6.07, 6.45) is 21.8. The number of hydrogen-bond donors (Lipinski definition) is 4. The predicted octanol–water partition coefficient (Wildman–Crippen LogP) is 6.83. The number of carbonyl (C=O) groups excluding carboxylic acids is 1. The number of cyclic esters (lactones) is 1. The molecule has 0 saturated carbocycles. The summed E-state index contributed by atoms with van der Waals surface area (Å²) in [4.78, 5) is 11.7. The summed E-state index contributed by atoms with van der Waals surface area (Å²) in [5.41, 5.74) is 0.592. The van der Waals surface area contributed by atoms with Gasteiger partial charge in [-0.2, -0.15) is 0 Å². The molecule has 0 bridgehead atoms. The smallest absolute Gasteiger partial charge is 0.334 e. The van der Waals surface area contributed by atoms with Crippen LogP contribution in [0.4, 0.5) is 0 Å². The van der Waals surface area contributed by atoms with E-state index in [1.807, 2.05) is 6.92 Å². The molecule has 0 aromatic heterocycles. The lowest BCUT2D eigenvalue weighted by molar-refractivity contribution is -0.139. The lowest BCUT2D eigenvalue weighted by Gasteiger charge is -2.24. The van der Waals surface area contributed by atoms with E-state index in [4.69, 9.17) is 14.2 Å². The van der Waals surface area contributed by atoms with Crippen molar-refractivity contribution in [1.29, 1.82) is 0 Å². The third kappa shape index (κ3) is 14.3. The maximum Gasteiger partial charge on any atom is 0.334 e. The van der Waals surface area contributed by atoms with Gasteiger partial charge in [-0.25, -0.2) is 4.79 Å². The summed E-state index contributed by atoms with van der Waals surface area (Å²) in [7, 11) is 0. The van der Waals surface area contributed by atoms with Gasteiger partial charge in [-0.15, -0.1) is 0 Å². The van der Waals surface area contributed by atoms with E-state index >= 15 is 0 Å². The highest BCUT2D eigenvalue weighted by Gasteiger charge is 2.40. The van der Waals surface area contributed by atoms with Crippen molar-refractivity contribution in [3.05, 3.63) is 11.6 Å². The Morgan fingerprint density at radius 1 is 0.644 bits per heavy atom. The van der Waals surface area contributed by atoms with E-state index in [0.29, 0.717) is 24.8 Å². The third-order valence-electron chi connectivity index (χ3n) is 10.2. The lowest BCUT2D eigenvalue weighted by atomic mass is 9.98. The molecule has 3 aliphatic rings. The lowest BCUT2D eigenvalue weighted by Crippen LogP contribution is -2.33. The number of ether oxygens (including phenoxy) is 3. The van der Waals surface area contributed by atoms with Gasteiger partial charge in [-0.05, 0) is 70.8 Å². The topological polar surface area (TPSA) is 126 Å². The van der Waals surface area contributed by atoms with Gasteiger partial charge in [0.05, 0.1) is 48.8 Å². The molecule has 0 spiro atoms. The molecule has 2 saturated heterocycles. The second-order valence-corrected chi connectivity index (χ2v) is 14.2. The Labute approximate surface area is 273 Å². The molecule has 0 radical (unpaired) electrons. The average molecular weight is 639 g/mol. The second-order valence-electron chi connectivity index (χ2n) is 14.2. The van der Waals surface area contributed by atoms with E-state index < -0.39 is 18.3 Å². The molecule has 3 aliphatic heterocycles. The Hall–Kier alpha value is -1.03. The fourth-order valence-corrected chi connectivity index (χ4v) is 7.27. The summed E-state index contributed by atoms with van der Waals surface area (Å²) >= 11 is 0. The molecule has 0 amide bonds. The van der Waals surface area contributed by atoms with Crippen molar-refractivity contribution in [1.82, 2.24) is 0 Å². The fraction of sp³-hybridized carbons (Fsp3) is 0.919. The largest absolute Gasteiger partial charge is 0.455 e. The first-order valence-electron chi connectivity index (χ1n) is 18.7. The molecule has 262 valence electrons. The molecule has 8 nitrogen and oxygen atoms in total. The van der Waals surface area contributed by atoms with Crippen molar-refractivity contribution in [3.8, 4) is 0 Å². The van der Waals surface area contributed by atoms with Crippen LogP contribution in [0.3, 0.4) is 0 Å². The van der Waals surface area contributed by atoms with Gasteiger partial charge >= 0.3 is 5.97 Å². The van der Waals surface area contributed by atoms with E-state index in [-0.39, 0.29) is 42.6 Å². The third-order valence-corrected chi connectivity index (χ3v) is 10.2. The Kier molecular flexibility index (Phi) is 18.6. The predicted molar refractivity (Wildman–Crippen MR) is 177 cm³/mol. The van der Waals surface area contributed by atoms with Crippen LogP contribution < -0.4 is 0 Å². The molecule has 3 unspecified atom stereocenters. The minimum absolute atomic E-state index is 0.0267. The van der Waals surface area contributed by atoms with Crippen LogP contribution in [-0.2, 0) is 19.0 Å². The molecule has 4 N–H and O–H groups in total. The minimum Gasteiger partial charge on any atom is -0.455 e. The summed E-state index contributed by atoms with van der Waals surface area (Å²) in [6.45, 7) is 4.06. The number of rotatable bonds is 25. The molecular formula is C37H66O8. The van der Waals surface area contributed by atoms with Crippen molar-refractivity contribution < 1.29 is 39.4 Å². The van der Waals surface area contributed by atoms with Crippen molar-refractivity contribution in [2.75, 3.05) is 0 Å². The second kappa shape index (κ2) is 21.8. The molecule has 0 aliphatic carbocycles. The molecule has 3 heterocycles. The number of hydrogen-bond acceptors (Lipinski definition) is 8. The highest BCUT2D eigenvalue weighted by molar-refractivity contribution is 5.90. The maximum absolute atomic E-state index is 11.7. The van der Waals surface area contributed by atoms with Gasteiger partial charge in [0, 0.05) is 5.57 Å². The Bertz CT molecular complexity index is 833. The SMILES string of the molecule is CCCCCCCCCC[C@H](O)[C@@H]1CC[C@H]([C@H]2CC[C@@H]([C@@H](O)CCCCCCCCC(O)C(O)CCC3=CC(C)OC3=O)O2)O1. The first kappa shape index (κ1) is 38.4. The summed E-state index contributed by atoms with van der Waals surface area (Å²) in [5.74, 6) is -0.315. The number of aliphatic hydroxyl groups is 4.